The molecule has 0 aliphatic carbocycles. The van der Waals surface area contributed by atoms with Gasteiger partial charge in [0.15, 0.2) is 17.1 Å². The minimum absolute atomic E-state index is 0.307. The second-order valence-corrected chi connectivity index (χ2v) is 10.0. The summed E-state index contributed by atoms with van der Waals surface area (Å²) >= 11 is 0. The van der Waals surface area contributed by atoms with E-state index >= 15 is 4.39 Å². The van der Waals surface area contributed by atoms with E-state index in [1.54, 1.807) is 18.6 Å². The first-order valence-electron chi connectivity index (χ1n) is 13.0. The number of hydrogen-bond acceptors (Lipinski definition) is 7. The number of piperidine rings is 1. The Bertz CT molecular complexity index is 1580. The number of rotatable bonds is 5. The zero-order valence-corrected chi connectivity index (χ0v) is 20.5. The summed E-state index contributed by atoms with van der Waals surface area (Å²) in [5.74, 6) is 0.0792. The van der Waals surface area contributed by atoms with Gasteiger partial charge in [0.25, 0.3) is 0 Å². The molecule has 5 aromatic heterocycles. The van der Waals surface area contributed by atoms with Gasteiger partial charge in [-0.2, -0.15) is 5.10 Å². The molecule has 2 N–H and O–H groups in total. The third-order valence-electron chi connectivity index (χ3n) is 7.52. The summed E-state index contributed by atoms with van der Waals surface area (Å²) in [6, 6.07) is 4.01. The minimum atomic E-state index is -0.390. The Kier molecular flexibility index (Phi) is 5.53. The normalized spacial score (nSPS) is 16.8. The van der Waals surface area contributed by atoms with Gasteiger partial charge >= 0.3 is 0 Å². The van der Waals surface area contributed by atoms with Crippen molar-refractivity contribution in [2.45, 2.75) is 38.6 Å². The van der Waals surface area contributed by atoms with Crippen molar-refractivity contribution in [3.05, 3.63) is 48.3 Å². The number of nitrogens with one attached hydrogen (secondary N) is 2. The molecule has 0 bridgehead atoms. The number of halogens is 1. The van der Waals surface area contributed by atoms with E-state index in [0.717, 1.165) is 49.5 Å². The van der Waals surface area contributed by atoms with Gasteiger partial charge in [-0.15, -0.1) is 0 Å². The van der Waals surface area contributed by atoms with E-state index in [-0.39, 0.29) is 0 Å². The van der Waals surface area contributed by atoms with Crippen LogP contribution in [0.4, 0.5) is 10.1 Å². The van der Waals surface area contributed by atoms with Crippen molar-refractivity contribution in [1.82, 2.24) is 40.0 Å². The standard InChI is InChI=1S/C27H28FN9/c28-22-19(18-12-17(13-29-14-18)16-36-8-4-5-9-36)15-31-25-21(22)24(34-35-25)27-32-23-20(6-7-30-26(23)33-27)37-10-2-1-3-11-37/h6-7,12-15H,1-5,8-11,16H2,(H,30,32,33)(H,31,34,35). The number of H-pyrrole nitrogens is 2. The van der Waals surface area contributed by atoms with Gasteiger partial charge in [-0.05, 0) is 62.9 Å². The van der Waals surface area contributed by atoms with Crippen LogP contribution in [-0.4, -0.2) is 66.2 Å². The first kappa shape index (κ1) is 22.3. The third-order valence-corrected chi connectivity index (χ3v) is 7.52. The second kappa shape index (κ2) is 9.19. The summed E-state index contributed by atoms with van der Waals surface area (Å²) < 4.78 is 16.1. The van der Waals surface area contributed by atoms with E-state index in [1.165, 1.54) is 32.1 Å². The lowest BCUT2D eigenvalue weighted by molar-refractivity contribution is 0.331. The Morgan fingerprint density at radius 1 is 0.919 bits per heavy atom. The average molecular weight is 498 g/mol. The van der Waals surface area contributed by atoms with Crippen molar-refractivity contribution >= 4 is 27.9 Å². The SMILES string of the molecule is Fc1c(-c2cncc(CN3CCCC3)c2)cnc2[nH]nc(-c3nc4c(N5CCCCC5)ccnc4[nH]3)c12. The van der Waals surface area contributed by atoms with Gasteiger partial charge in [0, 0.05) is 55.5 Å². The number of anilines is 1. The Morgan fingerprint density at radius 2 is 1.76 bits per heavy atom. The van der Waals surface area contributed by atoms with E-state index in [2.05, 4.69) is 39.9 Å². The number of imidazole rings is 1. The first-order valence-corrected chi connectivity index (χ1v) is 13.0. The minimum Gasteiger partial charge on any atom is -0.370 e. The van der Waals surface area contributed by atoms with Gasteiger partial charge in [-0.25, -0.2) is 19.3 Å². The number of likely N-dealkylation sites (tertiary alicyclic amines) is 1. The van der Waals surface area contributed by atoms with Gasteiger partial charge in [-0.3, -0.25) is 15.0 Å². The lowest BCUT2D eigenvalue weighted by Crippen LogP contribution is -2.29. The highest BCUT2D eigenvalue weighted by Crippen LogP contribution is 2.34. The molecule has 10 heteroatoms. The quantitative estimate of drug-likeness (QED) is 0.363. The number of aromatic nitrogens is 7. The maximum atomic E-state index is 16.1. The molecular weight excluding hydrogens is 469 g/mol. The summed E-state index contributed by atoms with van der Waals surface area (Å²) in [5.41, 5.74) is 5.43. The third kappa shape index (κ3) is 4.01. The van der Waals surface area contributed by atoms with Crippen LogP contribution in [-0.2, 0) is 6.54 Å². The average Bonchev–Trinajstić information content (AvgIpc) is 3.69. The van der Waals surface area contributed by atoms with Crippen LogP contribution < -0.4 is 4.90 Å². The molecule has 7 heterocycles. The van der Waals surface area contributed by atoms with E-state index in [1.807, 2.05) is 18.3 Å². The summed E-state index contributed by atoms with van der Waals surface area (Å²) in [5, 5.41) is 7.58. The van der Waals surface area contributed by atoms with Gasteiger partial charge in [0.2, 0.25) is 0 Å². The van der Waals surface area contributed by atoms with Gasteiger partial charge in [0.1, 0.15) is 17.0 Å². The summed E-state index contributed by atoms with van der Waals surface area (Å²) in [7, 11) is 0. The maximum Gasteiger partial charge on any atom is 0.161 e. The van der Waals surface area contributed by atoms with Crippen LogP contribution in [0.1, 0.15) is 37.7 Å². The molecule has 2 fully saturated rings. The van der Waals surface area contributed by atoms with E-state index < -0.39 is 5.82 Å². The Hall–Kier alpha value is -3.92. The van der Waals surface area contributed by atoms with Gasteiger partial charge in [0.05, 0.1) is 11.1 Å². The Labute approximate surface area is 213 Å². The number of fused-ring (bicyclic) bond motifs is 2. The second-order valence-electron chi connectivity index (χ2n) is 10.0. The van der Waals surface area contributed by atoms with Crippen molar-refractivity contribution in [2.24, 2.45) is 0 Å². The molecule has 7 rings (SSSR count). The van der Waals surface area contributed by atoms with E-state index in [9.17, 15) is 0 Å². The van der Waals surface area contributed by atoms with Crippen molar-refractivity contribution < 1.29 is 4.39 Å². The lowest BCUT2D eigenvalue weighted by Gasteiger charge is -2.28. The fraction of sp³-hybridized carbons (Fsp3) is 0.370. The molecule has 2 aliphatic heterocycles. The van der Waals surface area contributed by atoms with Crippen LogP contribution in [0, 0.1) is 5.82 Å². The fourth-order valence-corrected chi connectivity index (χ4v) is 5.65. The van der Waals surface area contributed by atoms with E-state index in [4.69, 9.17) is 4.98 Å². The molecule has 9 nitrogen and oxygen atoms in total. The largest absolute Gasteiger partial charge is 0.370 e. The molecule has 37 heavy (non-hydrogen) atoms. The number of nitrogens with zero attached hydrogens (tertiary/aromatic N) is 7. The summed E-state index contributed by atoms with van der Waals surface area (Å²) in [6.45, 7) is 5.01. The number of hydrogen-bond donors (Lipinski definition) is 2. The summed E-state index contributed by atoms with van der Waals surface area (Å²) in [6.07, 6.45) is 12.9. The van der Waals surface area contributed by atoms with Crippen LogP contribution >= 0.6 is 0 Å². The van der Waals surface area contributed by atoms with Gasteiger partial charge in [-0.1, -0.05) is 0 Å². The van der Waals surface area contributed by atoms with Crippen LogP contribution in [0.15, 0.2) is 36.9 Å². The summed E-state index contributed by atoms with van der Waals surface area (Å²) in [4.78, 5) is 26.2. The zero-order valence-electron chi connectivity index (χ0n) is 20.5. The highest BCUT2D eigenvalue weighted by Gasteiger charge is 2.23. The van der Waals surface area contributed by atoms with Crippen LogP contribution in [0.3, 0.4) is 0 Å². The van der Waals surface area contributed by atoms with Crippen LogP contribution in [0.2, 0.25) is 0 Å². The molecule has 0 saturated carbocycles. The highest BCUT2D eigenvalue weighted by atomic mass is 19.1. The molecule has 0 spiro atoms. The smallest absolute Gasteiger partial charge is 0.161 e. The molecule has 2 saturated heterocycles. The molecule has 2 aliphatic rings. The highest BCUT2D eigenvalue weighted by molar-refractivity contribution is 5.95. The van der Waals surface area contributed by atoms with E-state index in [0.29, 0.717) is 39.3 Å². The molecule has 0 aromatic carbocycles. The number of pyridine rings is 3. The molecule has 0 radical (unpaired) electrons. The zero-order chi connectivity index (χ0) is 24.8. The Balaban J connectivity index is 1.28. The molecule has 0 amide bonds. The van der Waals surface area contributed by atoms with Gasteiger partial charge < -0.3 is 9.88 Å². The topological polar surface area (TPSA) is 103 Å². The van der Waals surface area contributed by atoms with Crippen LogP contribution in [0.5, 0.6) is 0 Å². The first-order chi connectivity index (χ1) is 18.2. The van der Waals surface area contributed by atoms with Crippen molar-refractivity contribution in [2.75, 3.05) is 31.1 Å². The lowest BCUT2D eigenvalue weighted by atomic mass is 10.0. The van der Waals surface area contributed by atoms with Crippen molar-refractivity contribution in [3.63, 3.8) is 0 Å². The van der Waals surface area contributed by atoms with Crippen molar-refractivity contribution in [3.8, 4) is 22.6 Å². The monoisotopic (exact) mass is 497 g/mol. The predicted molar refractivity (Wildman–Crippen MR) is 141 cm³/mol. The maximum absolute atomic E-state index is 16.1. The Morgan fingerprint density at radius 3 is 2.62 bits per heavy atom. The molecule has 188 valence electrons. The number of aromatic amines is 2. The molecule has 0 unspecified atom stereocenters. The van der Waals surface area contributed by atoms with Crippen molar-refractivity contribution in [1.29, 1.82) is 0 Å². The molecule has 0 atom stereocenters. The van der Waals surface area contributed by atoms with Crippen LogP contribution in [0.25, 0.3) is 44.8 Å². The molecule has 5 aromatic rings. The predicted octanol–water partition coefficient (Wildman–Crippen LogP) is 4.68. The molecular formula is C27H28FN9. The fourth-order valence-electron chi connectivity index (χ4n) is 5.65.